The molecule has 2 fully saturated rings. The van der Waals surface area contributed by atoms with Crippen LogP contribution in [-0.2, 0) is 11.3 Å². The van der Waals surface area contributed by atoms with Gasteiger partial charge in [0, 0.05) is 36.6 Å². The lowest BCUT2D eigenvalue weighted by Gasteiger charge is -2.22. The van der Waals surface area contributed by atoms with Crippen molar-refractivity contribution in [3.8, 4) is 11.3 Å². The molecule has 4 nitrogen and oxygen atoms in total. The van der Waals surface area contributed by atoms with Gasteiger partial charge in [-0.25, -0.2) is 0 Å². The Hall–Kier alpha value is -1.72. The van der Waals surface area contributed by atoms with E-state index in [2.05, 4.69) is 32.1 Å². The van der Waals surface area contributed by atoms with Gasteiger partial charge in [-0.15, -0.1) is 0 Å². The van der Waals surface area contributed by atoms with Gasteiger partial charge in [0.15, 0.2) is 0 Å². The van der Waals surface area contributed by atoms with Gasteiger partial charge in [-0.1, -0.05) is 30.3 Å². The summed E-state index contributed by atoms with van der Waals surface area (Å²) in [6, 6.07) is 10.3. The lowest BCUT2D eigenvalue weighted by atomic mass is 10.0. The highest BCUT2D eigenvalue weighted by Crippen LogP contribution is 2.55. The number of hydrogen-bond donors (Lipinski definition) is 1. The Balaban J connectivity index is 1.58. The molecule has 2 heterocycles. The maximum absolute atomic E-state index is 12.3. The van der Waals surface area contributed by atoms with Crippen LogP contribution in [0.2, 0.25) is 0 Å². The van der Waals surface area contributed by atoms with Crippen molar-refractivity contribution >= 4 is 17.4 Å². The number of rotatable bonds is 4. The Labute approximate surface area is 140 Å². The number of amides is 1. The number of benzene rings is 1. The maximum atomic E-state index is 12.3. The highest BCUT2D eigenvalue weighted by Gasteiger charge is 2.53. The molecule has 0 unspecified atom stereocenters. The van der Waals surface area contributed by atoms with E-state index in [1.165, 1.54) is 29.9 Å². The van der Waals surface area contributed by atoms with E-state index in [0.29, 0.717) is 5.41 Å². The van der Waals surface area contributed by atoms with Crippen molar-refractivity contribution < 1.29 is 4.79 Å². The first-order chi connectivity index (χ1) is 11.2. The minimum atomic E-state index is 0.00558. The third kappa shape index (κ3) is 2.79. The molecule has 1 aromatic heterocycles. The van der Waals surface area contributed by atoms with Crippen molar-refractivity contribution in [3.63, 3.8) is 0 Å². The minimum absolute atomic E-state index is 0.00558. The van der Waals surface area contributed by atoms with Gasteiger partial charge < -0.3 is 5.32 Å². The molecule has 1 amide bonds. The first kappa shape index (κ1) is 14.8. The van der Waals surface area contributed by atoms with Gasteiger partial charge in [-0.3, -0.25) is 9.69 Å². The lowest BCUT2D eigenvalue weighted by molar-refractivity contribution is -0.125. The predicted octanol–water partition coefficient (Wildman–Crippen LogP) is 2.91. The van der Waals surface area contributed by atoms with Crippen LogP contribution in [0.5, 0.6) is 0 Å². The summed E-state index contributed by atoms with van der Waals surface area (Å²) in [5.41, 5.74) is 3.85. The molecule has 1 atom stereocenters. The van der Waals surface area contributed by atoms with Gasteiger partial charge in [-0.05, 0) is 36.2 Å². The lowest BCUT2D eigenvalue weighted by Crippen LogP contribution is -2.41. The molecule has 120 valence electrons. The number of carbonyl (C=O) groups excluding carboxylic acids is 1. The second kappa shape index (κ2) is 5.73. The SMILES string of the molecule is CNC(=O)[C@@H]1CC2(CC2)CN1Cc1csnc1-c1ccccc1. The molecule has 2 aliphatic rings. The summed E-state index contributed by atoms with van der Waals surface area (Å²) in [5.74, 6) is 0.151. The van der Waals surface area contributed by atoms with Gasteiger partial charge >= 0.3 is 0 Å². The molecule has 1 aliphatic carbocycles. The zero-order valence-corrected chi connectivity index (χ0v) is 14.1. The van der Waals surface area contributed by atoms with E-state index in [9.17, 15) is 4.79 Å². The normalized spacial score (nSPS) is 22.4. The Bertz CT molecular complexity index is 708. The van der Waals surface area contributed by atoms with Crippen LogP contribution in [0.25, 0.3) is 11.3 Å². The molecule has 23 heavy (non-hydrogen) atoms. The van der Waals surface area contributed by atoms with Crippen molar-refractivity contribution in [1.29, 1.82) is 0 Å². The summed E-state index contributed by atoms with van der Waals surface area (Å²) in [6.07, 6.45) is 3.54. The van der Waals surface area contributed by atoms with Crippen molar-refractivity contribution in [2.45, 2.75) is 31.8 Å². The summed E-state index contributed by atoms with van der Waals surface area (Å²) in [7, 11) is 1.74. The smallest absolute Gasteiger partial charge is 0.237 e. The molecule has 5 heteroatoms. The number of hydrogen-bond acceptors (Lipinski definition) is 4. The van der Waals surface area contributed by atoms with Gasteiger partial charge in [0.05, 0.1) is 11.7 Å². The molecule has 0 bridgehead atoms. The van der Waals surface area contributed by atoms with E-state index in [0.717, 1.165) is 30.8 Å². The van der Waals surface area contributed by atoms with E-state index >= 15 is 0 Å². The van der Waals surface area contributed by atoms with Crippen LogP contribution in [0.15, 0.2) is 35.7 Å². The first-order valence-electron chi connectivity index (χ1n) is 8.15. The third-order valence-corrected chi connectivity index (χ3v) is 5.85. The van der Waals surface area contributed by atoms with Crippen LogP contribution >= 0.6 is 11.5 Å². The molecule has 0 radical (unpaired) electrons. The molecule has 1 N–H and O–H groups in total. The molecule has 1 spiro atoms. The van der Waals surface area contributed by atoms with Crippen molar-refractivity contribution in [1.82, 2.24) is 14.6 Å². The third-order valence-electron chi connectivity index (χ3n) is 5.18. The van der Waals surface area contributed by atoms with E-state index in [1.54, 1.807) is 7.05 Å². The van der Waals surface area contributed by atoms with Crippen LogP contribution in [-0.4, -0.2) is 34.8 Å². The van der Waals surface area contributed by atoms with Crippen LogP contribution < -0.4 is 5.32 Å². The largest absolute Gasteiger partial charge is 0.358 e. The van der Waals surface area contributed by atoms with E-state index in [4.69, 9.17) is 0 Å². The predicted molar refractivity (Wildman–Crippen MR) is 92.1 cm³/mol. The fraction of sp³-hybridized carbons (Fsp3) is 0.444. The number of nitrogens with one attached hydrogen (secondary N) is 1. The van der Waals surface area contributed by atoms with Crippen LogP contribution in [0.4, 0.5) is 0 Å². The highest BCUT2D eigenvalue weighted by molar-refractivity contribution is 7.04. The standard InChI is InChI=1S/C18H21N3OS/c1-19-17(22)15-9-18(7-8-18)12-21(15)10-14-11-23-20-16(14)13-5-3-2-4-6-13/h2-6,11,15H,7-10,12H2,1H3,(H,19,22)/t15-/m0/s1. The fourth-order valence-corrected chi connectivity index (χ4v) is 4.39. The Morgan fingerprint density at radius 1 is 1.39 bits per heavy atom. The monoisotopic (exact) mass is 327 g/mol. The van der Waals surface area contributed by atoms with Crippen LogP contribution in [0.3, 0.4) is 0 Å². The molecule has 2 aromatic rings. The van der Waals surface area contributed by atoms with Crippen molar-refractivity contribution in [3.05, 3.63) is 41.3 Å². The van der Waals surface area contributed by atoms with Gasteiger partial charge in [0.1, 0.15) is 0 Å². The second-order valence-electron chi connectivity index (χ2n) is 6.79. The molecular formula is C18H21N3OS. The average molecular weight is 327 g/mol. The van der Waals surface area contributed by atoms with Crippen molar-refractivity contribution in [2.75, 3.05) is 13.6 Å². The zero-order valence-electron chi connectivity index (χ0n) is 13.3. The minimum Gasteiger partial charge on any atom is -0.358 e. The summed E-state index contributed by atoms with van der Waals surface area (Å²) < 4.78 is 4.58. The zero-order chi connectivity index (χ0) is 15.9. The molecule has 1 saturated carbocycles. The summed E-state index contributed by atoms with van der Waals surface area (Å²) in [6.45, 7) is 1.84. The number of nitrogens with zero attached hydrogens (tertiary/aromatic N) is 2. The Kier molecular flexibility index (Phi) is 3.70. The van der Waals surface area contributed by atoms with E-state index < -0.39 is 0 Å². The quantitative estimate of drug-likeness (QED) is 0.939. The first-order valence-corrected chi connectivity index (χ1v) is 8.99. The van der Waals surface area contributed by atoms with Crippen LogP contribution in [0.1, 0.15) is 24.8 Å². The number of likely N-dealkylation sites (N-methyl/N-ethyl adjacent to an activating group) is 1. The summed E-state index contributed by atoms with van der Waals surface area (Å²) in [5, 5.41) is 4.96. The average Bonchev–Trinajstić information content (AvgIpc) is 3.02. The number of likely N-dealkylation sites (tertiary alicyclic amines) is 1. The Morgan fingerprint density at radius 3 is 2.87 bits per heavy atom. The highest BCUT2D eigenvalue weighted by atomic mass is 32.1. The number of carbonyl (C=O) groups is 1. The topological polar surface area (TPSA) is 45.2 Å². The second-order valence-corrected chi connectivity index (χ2v) is 7.42. The van der Waals surface area contributed by atoms with Crippen LogP contribution in [0, 0.1) is 5.41 Å². The maximum Gasteiger partial charge on any atom is 0.237 e. The molecule has 1 aromatic carbocycles. The molecule has 4 rings (SSSR count). The van der Waals surface area contributed by atoms with Crippen molar-refractivity contribution in [2.24, 2.45) is 5.41 Å². The molecular weight excluding hydrogens is 306 g/mol. The summed E-state index contributed by atoms with van der Waals surface area (Å²) >= 11 is 1.50. The van der Waals surface area contributed by atoms with Gasteiger partial charge in [0.2, 0.25) is 5.91 Å². The fourth-order valence-electron chi connectivity index (χ4n) is 3.70. The van der Waals surface area contributed by atoms with E-state index in [-0.39, 0.29) is 11.9 Å². The van der Waals surface area contributed by atoms with Gasteiger partial charge in [-0.2, -0.15) is 4.37 Å². The van der Waals surface area contributed by atoms with Gasteiger partial charge in [0.25, 0.3) is 0 Å². The Morgan fingerprint density at radius 2 is 2.17 bits per heavy atom. The molecule has 1 aliphatic heterocycles. The van der Waals surface area contributed by atoms with E-state index in [1.807, 2.05) is 18.2 Å². The molecule has 1 saturated heterocycles. The summed E-state index contributed by atoms with van der Waals surface area (Å²) in [4.78, 5) is 14.6. The number of aromatic nitrogens is 1.